The van der Waals surface area contributed by atoms with E-state index in [1.54, 1.807) is 0 Å². The monoisotopic (exact) mass is 368 g/mol. The molecule has 0 saturated carbocycles. The van der Waals surface area contributed by atoms with Gasteiger partial charge in [-0.25, -0.2) is 0 Å². The SMILES string of the molecule is CCCCCCCOc1ccc(C(=N)N(CCC)CCC)c2ccccc12. The Balaban J connectivity index is 2.17. The zero-order chi connectivity index (χ0) is 19.5. The Kier molecular flexibility index (Phi) is 9.17. The van der Waals surface area contributed by atoms with Crippen molar-refractivity contribution in [3.8, 4) is 5.75 Å². The Labute approximate surface area is 165 Å². The van der Waals surface area contributed by atoms with Crippen molar-refractivity contribution < 1.29 is 4.74 Å². The number of benzene rings is 2. The molecule has 0 unspecified atom stereocenters. The topological polar surface area (TPSA) is 36.3 Å². The maximum atomic E-state index is 8.76. The van der Waals surface area contributed by atoms with Gasteiger partial charge in [0.25, 0.3) is 0 Å². The first-order valence-electron chi connectivity index (χ1n) is 10.7. The minimum atomic E-state index is 0.626. The van der Waals surface area contributed by atoms with Gasteiger partial charge in [0, 0.05) is 24.0 Å². The number of unbranched alkanes of at least 4 members (excludes halogenated alkanes) is 4. The average molecular weight is 369 g/mol. The first kappa shape index (κ1) is 21.3. The summed E-state index contributed by atoms with van der Waals surface area (Å²) in [4.78, 5) is 2.19. The highest BCUT2D eigenvalue weighted by molar-refractivity contribution is 6.09. The molecule has 0 fully saturated rings. The smallest absolute Gasteiger partial charge is 0.128 e. The lowest BCUT2D eigenvalue weighted by Crippen LogP contribution is -2.32. The highest BCUT2D eigenvalue weighted by Gasteiger charge is 2.15. The minimum absolute atomic E-state index is 0.626. The van der Waals surface area contributed by atoms with Gasteiger partial charge >= 0.3 is 0 Å². The van der Waals surface area contributed by atoms with Gasteiger partial charge in [0.2, 0.25) is 0 Å². The average Bonchev–Trinajstić information content (AvgIpc) is 2.70. The molecule has 0 aliphatic heterocycles. The molecule has 0 atom stereocenters. The number of nitrogens with one attached hydrogen (secondary N) is 1. The largest absolute Gasteiger partial charge is 0.493 e. The van der Waals surface area contributed by atoms with Crippen LogP contribution in [0.2, 0.25) is 0 Å². The molecule has 27 heavy (non-hydrogen) atoms. The maximum absolute atomic E-state index is 8.76. The summed E-state index contributed by atoms with van der Waals surface area (Å²) in [6.07, 6.45) is 8.32. The first-order chi connectivity index (χ1) is 13.2. The van der Waals surface area contributed by atoms with Crippen LogP contribution in [0.1, 0.15) is 71.3 Å². The molecular weight excluding hydrogens is 332 g/mol. The quantitative estimate of drug-likeness (QED) is 0.259. The molecule has 0 radical (unpaired) electrons. The van der Waals surface area contributed by atoms with Gasteiger partial charge in [0.15, 0.2) is 0 Å². The van der Waals surface area contributed by atoms with Crippen molar-refractivity contribution >= 4 is 16.6 Å². The molecule has 0 aromatic heterocycles. The van der Waals surface area contributed by atoms with Crippen LogP contribution in [0.3, 0.4) is 0 Å². The van der Waals surface area contributed by atoms with Crippen molar-refractivity contribution in [2.24, 2.45) is 0 Å². The summed E-state index contributed by atoms with van der Waals surface area (Å²) in [5.41, 5.74) is 1.00. The van der Waals surface area contributed by atoms with Crippen molar-refractivity contribution in [2.45, 2.75) is 65.7 Å². The lowest BCUT2D eigenvalue weighted by atomic mass is 10.0. The number of fused-ring (bicyclic) bond motifs is 1. The summed E-state index contributed by atoms with van der Waals surface area (Å²) in [6.45, 7) is 9.21. The third kappa shape index (κ3) is 5.98. The van der Waals surface area contributed by atoms with Gasteiger partial charge in [-0.1, -0.05) is 70.7 Å². The molecule has 2 rings (SSSR count). The van der Waals surface area contributed by atoms with Gasteiger partial charge in [-0.05, 0) is 36.8 Å². The Hall–Kier alpha value is -2.03. The Morgan fingerprint density at radius 2 is 1.48 bits per heavy atom. The van der Waals surface area contributed by atoms with Crippen molar-refractivity contribution in [1.82, 2.24) is 4.90 Å². The Bertz CT molecular complexity index is 705. The van der Waals surface area contributed by atoms with Crippen LogP contribution in [-0.2, 0) is 0 Å². The number of hydrogen-bond donors (Lipinski definition) is 1. The van der Waals surface area contributed by atoms with E-state index in [2.05, 4.69) is 56.0 Å². The molecule has 0 saturated heterocycles. The van der Waals surface area contributed by atoms with Crippen LogP contribution in [-0.4, -0.2) is 30.4 Å². The van der Waals surface area contributed by atoms with E-state index in [1.165, 1.54) is 25.7 Å². The van der Waals surface area contributed by atoms with Gasteiger partial charge in [-0.15, -0.1) is 0 Å². The normalized spacial score (nSPS) is 10.9. The van der Waals surface area contributed by atoms with Gasteiger partial charge in [0.05, 0.1) is 6.61 Å². The molecule has 3 nitrogen and oxygen atoms in total. The Morgan fingerprint density at radius 3 is 2.15 bits per heavy atom. The fourth-order valence-electron chi connectivity index (χ4n) is 3.54. The lowest BCUT2D eigenvalue weighted by Gasteiger charge is -2.25. The molecule has 0 heterocycles. The number of ether oxygens (including phenoxy) is 1. The zero-order valence-corrected chi connectivity index (χ0v) is 17.4. The number of amidine groups is 1. The van der Waals surface area contributed by atoms with Crippen molar-refractivity contribution in [2.75, 3.05) is 19.7 Å². The van der Waals surface area contributed by atoms with E-state index in [0.29, 0.717) is 5.84 Å². The van der Waals surface area contributed by atoms with Crippen molar-refractivity contribution in [3.63, 3.8) is 0 Å². The summed E-state index contributed by atoms with van der Waals surface area (Å²) >= 11 is 0. The van der Waals surface area contributed by atoms with Crippen LogP contribution in [0.15, 0.2) is 36.4 Å². The fourth-order valence-corrected chi connectivity index (χ4v) is 3.54. The molecule has 0 bridgehead atoms. The van der Waals surface area contributed by atoms with Crippen molar-refractivity contribution in [1.29, 1.82) is 5.41 Å². The van der Waals surface area contributed by atoms with Gasteiger partial charge in [0.1, 0.15) is 11.6 Å². The molecule has 3 heteroatoms. The predicted molar refractivity (Wildman–Crippen MR) is 117 cm³/mol. The minimum Gasteiger partial charge on any atom is -0.493 e. The molecule has 1 N–H and O–H groups in total. The summed E-state index contributed by atoms with van der Waals surface area (Å²) in [5.74, 6) is 1.57. The number of hydrogen-bond acceptors (Lipinski definition) is 2. The predicted octanol–water partition coefficient (Wildman–Crippen LogP) is 6.64. The molecule has 0 aliphatic rings. The van der Waals surface area contributed by atoms with Crippen LogP contribution >= 0.6 is 0 Å². The van der Waals surface area contributed by atoms with Gasteiger partial charge in [-0.2, -0.15) is 0 Å². The van der Waals surface area contributed by atoms with Gasteiger partial charge < -0.3 is 9.64 Å². The number of nitrogens with zero attached hydrogens (tertiary/aromatic N) is 1. The highest BCUT2D eigenvalue weighted by atomic mass is 16.5. The van der Waals surface area contributed by atoms with E-state index >= 15 is 0 Å². The summed E-state index contributed by atoms with van der Waals surface area (Å²) < 4.78 is 6.11. The van der Waals surface area contributed by atoms with Crippen molar-refractivity contribution in [3.05, 3.63) is 42.0 Å². The van der Waals surface area contributed by atoms with Crippen LogP contribution in [0.5, 0.6) is 5.75 Å². The van der Waals surface area contributed by atoms with Crippen LogP contribution < -0.4 is 4.74 Å². The molecule has 2 aromatic rings. The van der Waals surface area contributed by atoms with E-state index in [4.69, 9.17) is 10.1 Å². The van der Waals surface area contributed by atoms with Gasteiger partial charge in [-0.3, -0.25) is 5.41 Å². The second kappa shape index (κ2) is 11.6. The third-order valence-corrected chi connectivity index (χ3v) is 4.95. The summed E-state index contributed by atoms with van der Waals surface area (Å²) in [6, 6.07) is 12.5. The standard InChI is InChI=1S/C24H36N2O/c1-4-7-8-9-12-19-27-23-16-15-22(20-13-10-11-14-21(20)23)24(25)26(17-5-2)18-6-3/h10-11,13-16,25H,4-9,12,17-19H2,1-3H3. The lowest BCUT2D eigenvalue weighted by molar-refractivity contribution is 0.308. The maximum Gasteiger partial charge on any atom is 0.128 e. The molecule has 0 spiro atoms. The second-order valence-electron chi connectivity index (χ2n) is 7.26. The van der Waals surface area contributed by atoms with Crippen LogP contribution in [0, 0.1) is 5.41 Å². The van der Waals surface area contributed by atoms with Crippen LogP contribution in [0.4, 0.5) is 0 Å². The molecular formula is C24H36N2O. The van der Waals surface area contributed by atoms with E-state index in [-0.39, 0.29) is 0 Å². The molecule has 0 amide bonds. The zero-order valence-electron chi connectivity index (χ0n) is 17.4. The molecule has 148 valence electrons. The van der Waals surface area contributed by atoms with E-state index in [0.717, 1.165) is 61.0 Å². The fraction of sp³-hybridized carbons (Fsp3) is 0.542. The highest BCUT2D eigenvalue weighted by Crippen LogP contribution is 2.29. The van der Waals surface area contributed by atoms with Crippen LogP contribution in [0.25, 0.3) is 10.8 Å². The number of rotatable bonds is 12. The second-order valence-corrected chi connectivity index (χ2v) is 7.26. The third-order valence-electron chi connectivity index (χ3n) is 4.95. The Morgan fingerprint density at radius 1 is 0.815 bits per heavy atom. The van der Waals surface area contributed by atoms with E-state index < -0.39 is 0 Å². The summed E-state index contributed by atoms with van der Waals surface area (Å²) in [7, 11) is 0. The molecule has 0 aliphatic carbocycles. The molecule has 2 aromatic carbocycles. The van der Waals surface area contributed by atoms with E-state index in [1.807, 2.05) is 6.07 Å². The first-order valence-corrected chi connectivity index (χ1v) is 10.7. The van der Waals surface area contributed by atoms with E-state index in [9.17, 15) is 0 Å². The summed E-state index contributed by atoms with van der Waals surface area (Å²) in [5, 5.41) is 11.0.